The van der Waals surface area contributed by atoms with Gasteiger partial charge >= 0.3 is 0 Å². The van der Waals surface area contributed by atoms with Crippen LogP contribution in [0, 0.1) is 5.92 Å². The van der Waals surface area contributed by atoms with Crippen LogP contribution in [0.2, 0.25) is 0 Å². The van der Waals surface area contributed by atoms with Crippen molar-refractivity contribution >= 4 is 5.82 Å². The molecule has 1 aliphatic heterocycles. The molecule has 1 aromatic rings. The van der Waals surface area contributed by atoms with E-state index >= 15 is 0 Å². The second kappa shape index (κ2) is 6.19. The van der Waals surface area contributed by atoms with Crippen LogP contribution in [-0.2, 0) is 6.42 Å². The van der Waals surface area contributed by atoms with Crippen molar-refractivity contribution in [3.63, 3.8) is 0 Å². The summed E-state index contributed by atoms with van der Waals surface area (Å²) in [5.74, 6) is 2.28. The van der Waals surface area contributed by atoms with Crippen molar-refractivity contribution in [2.75, 3.05) is 18.0 Å². The first-order valence-corrected chi connectivity index (χ1v) is 7.24. The molecular weight excluding hydrogens is 240 g/mol. The largest absolute Gasteiger partial charge is 0.352 e. The maximum atomic E-state index is 11.7. The number of nitrogens with zero attached hydrogens (tertiary/aromatic N) is 2. The van der Waals surface area contributed by atoms with E-state index in [1.165, 1.54) is 6.42 Å². The zero-order valence-electron chi connectivity index (χ0n) is 11.9. The molecule has 0 bridgehead atoms. The van der Waals surface area contributed by atoms with E-state index in [0.717, 1.165) is 43.4 Å². The Balaban J connectivity index is 2.25. The zero-order chi connectivity index (χ0) is 13.8. The molecule has 1 aromatic heterocycles. The number of nitrogens with one attached hydrogen (secondary N) is 1. The normalized spacial score (nSPS) is 23.6. The molecule has 106 valence electrons. The van der Waals surface area contributed by atoms with Gasteiger partial charge in [0.05, 0.1) is 0 Å². The molecule has 1 aliphatic rings. The molecule has 5 nitrogen and oxygen atoms in total. The van der Waals surface area contributed by atoms with Crippen molar-refractivity contribution in [3.8, 4) is 0 Å². The molecule has 0 spiro atoms. The molecular formula is C14H24N4O. The molecule has 2 unspecified atom stereocenters. The average Bonchev–Trinajstić information content (AvgIpc) is 2.45. The van der Waals surface area contributed by atoms with Crippen LogP contribution in [0.25, 0.3) is 0 Å². The van der Waals surface area contributed by atoms with Gasteiger partial charge in [-0.3, -0.25) is 4.79 Å². The van der Waals surface area contributed by atoms with Gasteiger partial charge in [0.2, 0.25) is 0 Å². The summed E-state index contributed by atoms with van der Waals surface area (Å²) in [5, 5.41) is 0. The van der Waals surface area contributed by atoms with Gasteiger partial charge in [-0.2, -0.15) is 0 Å². The van der Waals surface area contributed by atoms with Crippen LogP contribution < -0.4 is 16.2 Å². The van der Waals surface area contributed by atoms with E-state index in [0.29, 0.717) is 12.6 Å². The quantitative estimate of drug-likeness (QED) is 0.859. The van der Waals surface area contributed by atoms with Crippen LogP contribution >= 0.6 is 0 Å². The fraction of sp³-hybridized carbons (Fsp3) is 0.714. The van der Waals surface area contributed by atoms with E-state index in [4.69, 9.17) is 5.73 Å². The molecule has 1 saturated heterocycles. The van der Waals surface area contributed by atoms with E-state index in [2.05, 4.69) is 21.8 Å². The lowest BCUT2D eigenvalue weighted by molar-refractivity contribution is 0.334. The van der Waals surface area contributed by atoms with Crippen molar-refractivity contribution in [2.45, 2.75) is 45.6 Å². The zero-order valence-corrected chi connectivity index (χ0v) is 11.9. The number of H-pyrrole nitrogens is 1. The summed E-state index contributed by atoms with van der Waals surface area (Å²) in [4.78, 5) is 21.2. The van der Waals surface area contributed by atoms with Crippen molar-refractivity contribution < 1.29 is 0 Å². The summed E-state index contributed by atoms with van der Waals surface area (Å²) in [6.07, 6.45) is 4.20. The lowest BCUT2D eigenvalue weighted by Gasteiger charge is -2.39. The third-order valence-corrected chi connectivity index (χ3v) is 4.08. The Kier molecular flexibility index (Phi) is 4.58. The van der Waals surface area contributed by atoms with E-state index in [-0.39, 0.29) is 5.56 Å². The Morgan fingerprint density at radius 2 is 2.32 bits per heavy atom. The highest BCUT2D eigenvalue weighted by Gasteiger charge is 2.27. The molecule has 2 rings (SSSR count). The molecule has 19 heavy (non-hydrogen) atoms. The molecule has 0 amide bonds. The molecule has 5 heteroatoms. The first-order chi connectivity index (χ1) is 9.17. The first kappa shape index (κ1) is 14.1. The maximum absolute atomic E-state index is 11.7. The number of anilines is 1. The molecule has 1 fully saturated rings. The number of aromatic amines is 1. The summed E-state index contributed by atoms with van der Waals surface area (Å²) < 4.78 is 0. The second-order valence-corrected chi connectivity index (χ2v) is 5.29. The number of nitrogens with two attached hydrogens (primary N) is 1. The SMILES string of the molecule is CCc1nc(N2CCC(CC)CC2CN)cc(=O)[nH]1. The number of hydrogen-bond donors (Lipinski definition) is 2. The molecule has 0 aliphatic carbocycles. The Morgan fingerprint density at radius 3 is 2.95 bits per heavy atom. The Bertz CT molecular complexity index is 471. The molecule has 0 saturated carbocycles. The van der Waals surface area contributed by atoms with Gasteiger partial charge in [0.1, 0.15) is 11.6 Å². The summed E-state index contributed by atoms with van der Waals surface area (Å²) in [6.45, 7) is 5.78. The summed E-state index contributed by atoms with van der Waals surface area (Å²) in [7, 11) is 0. The highest BCUT2D eigenvalue weighted by Crippen LogP contribution is 2.27. The van der Waals surface area contributed by atoms with Crippen LogP contribution in [0.4, 0.5) is 5.82 Å². The number of hydrogen-bond acceptors (Lipinski definition) is 4. The van der Waals surface area contributed by atoms with Crippen LogP contribution in [0.3, 0.4) is 0 Å². The van der Waals surface area contributed by atoms with Crippen molar-refractivity contribution in [3.05, 3.63) is 22.2 Å². The number of aryl methyl sites for hydroxylation is 1. The van der Waals surface area contributed by atoms with Gasteiger partial charge in [-0.05, 0) is 18.8 Å². The van der Waals surface area contributed by atoms with Crippen molar-refractivity contribution in [2.24, 2.45) is 11.7 Å². The van der Waals surface area contributed by atoms with Gasteiger partial charge in [-0.25, -0.2) is 4.98 Å². The van der Waals surface area contributed by atoms with Crippen LogP contribution in [-0.4, -0.2) is 29.1 Å². The highest BCUT2D eigenvalue weighted by atomic mass is 16.1. The minimum absolute atomic E-state index is 0.0739. The van der Waals surface area contributed by atoms with Crippen LogP contribution in [0.1, 0.15) is 38.9 Å². The minimum Gasteiger partial charge on any atom is -0.352 e. The highest BCUT2D eigenvalue weighted by molar-refractivity contribution is 5.40. The fourth-order valence-corrected chi connectivity index (χ4v) is 2.84. The van der Waals surface area contributed by atoms with E-state index in [1.807, 2.05) is 6.92 Å². The summed E-state index contributed by atoms with van der Waals surface area (Å²) >= 11 is 0. The standard InChI is InChI=1S/C14H24N4O/c1-3-10-5-6-18(11(7-10)9-15)13-8-14(19)17-12(4-2)16-13/h8,10-11H,3-7,9,15H2,1-2H3,(H,16,17,19). The summed E-state index contributed by atoms with van der Waals surface area (Å²) in [5.41, 5.74) is 5.83. The maximum Gasteiger partial charge on any atom is 0.252 e. The molecule has 0 aromatic carbocycles. The van der Waals surface area contributed by atoms with E-state index in [9.17, 15) is 4.79 Å². The lowest BCUT2D eigenvalue weighted by atomic mass is 9.89. The Labute approximate surface area is 114 Å². The number of rotatable bonds is 4. The van der Waals surface area contributed by atoms with Gasteiger partial charge in [0.15, 0.2) is 0 Å². The third kappa shape index (κ3) is 3.15. The molecule has 2 atom stereocenters. The molecule has 2 heterocycles. The Hall–Kier alpha value is -1.36. The van der Waals surface area contributed by atoms with Gasteiger partial charge in [-0.1, -0.05) is 20.3 Å². The van der Waals surface area contributed by atoms with Crippen LogP contribution in [0.5, 0.6) is 0 Å². The Morgan fingerprint density at radius 1 is 1.53 bits per heavy atom. The lowest BCUT2D eigenvalue weighted by Crippen LogP contribution is -2.47. The van der Waals surface area contributed by atoms with Crippen LogP contribution in [0.15, 0.2) is 10.9 Å². The predicted molar refractivity (Wildman–Crippen MR) is 77.4 cm³/mol. The van der Waals surface area contributed by atoms with Gasteiger partial charge < -0.3 is 15.6 Å². The average molecular weight is 264 g/mol. The number of piperidine rings is 1. The van der Waals surface area contributed by atoms with E-state index in [1.54, 1.807) is 6.07 Å². The summed E-state index contributed by atoms with van der Waals surface area (Å²) in [6, 6.07) is 1.89. The van der Waals surface area contributed by atoms with Crippen molar-refractivity contribution in [1.29, 1.82) is 0 Å². The monoisotopic (exact) mass is 264 g/mol. The molecule has 3 N–H and O–H groups in total. The fourth-order valence-electron chi connectivity index (χ4n) is 2.84. The predicted octanol–water partition coefficient (Wildman–Crippen LogP) is 1.29. The van der Waals surface area contributed by atoms with E-state index < -0.39 is 0 Å². The second-order valence-electron chi connectivity index (χ2n) is 5.29. The smallest absolute Gasteiger partial charge is 0.252 e. The third-order valence-electron chi connectivity index (χ3n) is 4.08. The molecule has 0 radical (unpaired) electrons. The van der Waals surface area contributed by atoms with Gasteiger partial charge in [0, 0.05) is 31.6 Å². The van der Waals surface area contributed by atoms with Crippen molar-refractivity contribution in [1.82, 2.24) is 9.97 Å². The number of aromatic nitrogens is 2. The van der Waals surface area contributed by atoms with Gasteiger partial charge in [-0.15, -0.1) is 0 Å². The topological polar surface area (TPSA) is 75.0 Å². The first-order valence-electron chi connectivity index (χ1n) is 7.24. The van der Waals surface area contributed by atoms with Gasteiger partial charge in [0.25, 0.3) is 5.56 Å². The minimum atomic E-state index is -0.0739.